The Hall–Kier alpha value is -2.05. The molecule has 5 nitrogen and oxygen atoms in total. The van der Waals surface area contributed by atoms with Gasteiger partial charge in [0.25, 0.3) is 0 Å². The maximum absolute atomic E-state index is 4.83. The number of thiophene rings is 1. The first kappa shape index (κ1) is 17.4. The summed E-state index contributed by atoms with van der Waals surface area (Å²) in [6.07, 6.45) is 8.66. The average Bonchev–Trinajstić information content (AvgIpc) is 3.13. The summed E-state index contributed by atoms with van der Waals surface area (Å²) in [6.45, 7) is 6.61. The third-order valence-corrected chi connectivity index (χ3v) is 6.05. The number of nitrogens with one attached hydrogen (secondary N) is 1. The molecule has 6 heteroatoms. The van der Waals surface area contributed by atoms with E-state index in [1.807, 2.05) is 18.3 Å². The van der Waals surface area contributed by atoms with Gasteiger partial charge in [-0.15, -0.1) is 11.3 Å². The van der Waals surface area contributed by atoms with Crippen LogP contribution in [0.5, 0.6) is 0 Å². The molecule has 3 aromatic heterocycles. The summed E-state index contributed by atoms with van der Waals surface area (Å²) >= 11 is 1.76. The lowest BCUT2D eigenvalue weighted by Crippen LogP contribution is -2.33. The van der Waals surface area contributed by atoms with Crippen LogP contribution in [0, 0.1) is 0 Å². The number of fused-ring (bicyclic) bond motifs is 1. The van der Waals surface area contributed by atoms with Crippen molar-refractivity contribution in [2.75, 3.05) is 31.5 Å². The molecule has 136 valence electrons. The van der Waals surface area contributed by atoms with Gasteiger partial charge in [-0.2, -0.15) is 0 Å². The molecule has 0 bridgehead atoms. The van der Waals surface area contributed by atoms with Crippen molar-refractivity contribution in [1.82, 2.24) is 19.9 Å². The zero-order valence-electron chi connectivity index (χ0n) is 15.2. The monoisotopic (exact) mass is 367 g/mol. The number of likely N-dealkylation sites (tertiary alicyclic amines) is 1. The lowest BCUT2D eigenvalue weighted by molar-refractivity contribution is 0.237. The minimum Gasteiger partial charge on any atom is -0.368 e. The van der Waals surface area contributed by atoms with Gasteiger partial charge in [-0.05, 0) is 50.6 Å². The lowest BCUT2D eigenvalue weighted by Gasteiger charge is -2.26. The van der Waals surface area contributed by atoms with Crippen LogP contribution in [-0.2, 0) is 6.42 Å². The molecule has 1 aliphatic rings. The normalized spacial score (nSPS) is 15.4. The Morgan fingerprint density at radius 2 is 2.08 bits per heavy atom. The van der Waals surface area contributed by atoms with Crippen LogP contribution in [0.25, 0.3) is 21.6 Å². The van der Waals surface area contributed by atoms with Gasteiger partial charge in [0.2, 0.25) is 0 Å². The van der Waals surface area contributed by atoms with Gasteiger partial charge in [-0.3, -0.25) is 4.98 Å². The molecule has 1 N–H and O–H groups in total. The molecule has 0 atom stereocenters. The largest absolute Gasteiger partial charge is 0.368 e. The van der Waals surface area contributed by atoms with Crippen molar-refractivity contribution in [1.29, 1.82) is 0 Å². The Morgan fingerprint density at radius 1 is 1.19 bits per heavy atom. The quantitative estimate of drug-likeness (QED) is 0.707. The highest BCUT2D eigenvalue weighted by molar-refractivity contribution is 7.18. The molecular formula is C20H25N5S. The molecule has 3 aromatic rings. The van der Waals surface area contributed by atoms with Crippen molar-refractivity contribution in [2.45, 2.75) is 32.6 Å². The average molecular weight is 368 g/mol. The minimum absolute atomic E-state index is 0.746. The third-order valence-electron chi connectivity index (χ3n) is 4.88. The topological polar surface area (TPSA) is 53.9 Å². The van der Waals surface area contributed by atoms with Gasteiger partial charge >= 0.3 is 0 Å². The van der Waals surface area contributed by atoms with Crippen LogP contribution in [-0.4, -0.2) is 46.0 Å². The van der Waals surface area contributed by atoms with Crippen molar-refractivity contribution in [3.63, 3.8) is 0 Å². The van der Waals surface area contributed by atoms with Crippen LogP contribution >= 0.6 is 11.3 Å². The summed E-state index contributed by atoms with van der Waals surface area (Å²) in [5.74, 6) is 1.69. The molecule has 1 fully saturated rings. The van der Waals surface area contributed by atoms with Crippen LogP contribution in [0.15, 0.2) is 30.6 Å². The molecule has 0 saturated carbocycles. The first-order valence-electron chi connectivity index (χ1n) is 9.50. The summed E-state index contributed by atoms with van der Waals surface area (Å²) < 4.78 is 0. The standard InChI is InChI=1S/C20H25N5S/c1-2-16-13-17-19(22-9-12-25-10-4-3-5-11-25)23-18(24-20(17)26-16)15-7-6-8-21-14-15/h6-8,13-14H,2-5,9-12H2,1H3,(H,22,23,24). The molecule has 1 saturated heterocycles. The predicted octanol–water partition coefficient (Wildman–Crippen LogP) is 4.21. The van der Waals surface area contributed by atoms with E-state index in [9.17, 15) is 0 Å². The molecule has 0 aliphatic carbocycles. The van der Waals surface area contributed by atoms with Crippen LogP contribution in [0.1, 0.15) is 31.1 Å². The lowest BCUT2D eigenvalue weighted by atomic mass is 10.1. The highest BCUT2D eigenvalue weighted by Gasteiger charge is 2.14. The Kier molecular flexibility index (Phi) is 5.41. The van der Waals surface area contributed by atoms with E-state index in [0.717, 1.165) is 46.9 Å². The van der Waals surface area contributed by atoms with Gasteiger partial charge in [-0.25, -0.2) is 9.97 Å². The number of pyridine rings is 1. The molecule has 0 spiro atoms. The maximum atomic E-state index is 4.83. The number of hydrogen-bond donors (Lipinski definition) is 1. The third kappa shape index (κ3) is 3.86. The molecule has 1 aliphatic heterocycles. The molecule has 4 rings (SSSR count). The second kappa shape index (κ2) is 8.10. The summed E-state index contributed by atoms with van der Waals surface area (Å²) in [4.78, 5) is 18.8. The van der Waals surface area contributed by atoms with Crippen molar-refractivity contribution in [2.24, 2.45) is 0 Å². The van der Waals surface area contributed by atoms with E-state index in [-0.39, 0.29) is 0 Å². The van der Waals surface area contributed by atoms with Gasteiger partial charge in [0, 0.05) is 35.9 Å². The number of hydrogen-bond acceptors (Lipinski definition) is 6. The smallest absolute Gasteiger partial charge is 0.164 e. The summed E-state index contributed by atoms with van der Waals surface area (Å²) in [6, 6.07) is 6.18. The fraction of sp³-hybridized carbons (Fsp3) is 0.450. The molecule has 0 aromatic carbocycles. The van der Waals surface area contributed by atoms with E-state index in [1.165, 1.54) is 37.2 Å². The predicted molar refractivity (Wildman–Crippen MR) is 109 cm³/mol. The summed E-state index contributed by atoms with van der Waals surface area (Å²) in [7, 11) is 0. The van der Waals surface area contributed by atoms with Crippen molar-refractivity contribution in [3.05, 3.63) is 35.5 Å². The van der Waals surface area contributed by atoms with Gasteiger partial charge in [0.05, 0.1) is 5.39 Å². The second-order valence-electron chi connectivity index (χ2n) is 6.75. The number of aryl methyl sites for hydroxylation is 1. The van der Waals surface area contributed by atoms with Gasteiger partial charge < -0.3 is 10.2 Å². The summed E-state index contributed by atoms with van der Waals surface area (Å²) in [5.41, 5.74) is 0.958. The molecular weight excluding hydrogens is 342 g/mol. The first-order chi connectivity index (χ1) is 12.8. The van der Waals surface area contributed by atoms with Crippen molar-refractivity contribution in [3.8, 4) is 11.4 Å². The fourth-order valence-electron chi connectivity index (χ4n) is 3.42. The van der Waals surface area contributed by atoms with Crippen molar-refractivity contribution < 1.29 is 0 Å². The number of nitrogens with zero attached hydrogens (tertiary/aromatic N) is 4. The first-order valence-corrected chi connectivity index (χ1v) is 10.3. The molecule has 0 amide bonds. The van der Waals surface area contributed by atoms with Crippen LogP contribution in [0.4, 0.5) is 5.82 Å². The Morgan fingerprint density at radius 3 is 2.85 bits per heavy atom. The van der Waals surface area contributed by atoms with Crippen LogP contribution in [0.3, 0.4) is 0 Å². The summed E-state index contributed by atoms with van der Waals surface area (Å²) in [5, 5.41) is 4.71. The Bertz CT molecular complexity index is 855. The molecule has 4 heterocycles. The van der Waals surface area contributed by atoms with Gasteiger partial charge in [-0.1, -0.05) is 13.3 Å². The van der Waals surface area contributed by atoms with E-state index in [1.54, 1.807) is 17.5 Å². The highest BCUT2D eigenvalue weighted by Crippen LogP contribution is 2.31. The second-order valence-corrected chi connectivity index (χ2v) is 7.87. The van der Waals surface area contributed by atoms with Gasteiger partial charge in [0.15, 0.2) is 5.82 Å². The van der Waals surface area contributed by atoms with E-state index in [4.69, 9.17) is 9.97 Å². The molecule has 0 radical (unpaired) electrons. The number of rotatable bonds is 6. The number of piperidine rings is 1. The van der Waals surface area contributed by atoms with E-state index < -0.39 is 0 Å². The van der Waals surface area contributed by atoms with Crippen LogP contribution < -0.4 is 5.32 Å². The zero-order chi connectivity index (χ0) is 17.8. The number of anilines is 1. The minimum atomic E-state index is 0.746. The fourth-order valence-corrected chi connectivity index (χ4v) is 4.39. The van der Waals surface area contributed by atoms with Gasteiger partial charge in [0.1, 0.15) is 10.6 Å². The molecule has 26 heavy (non-hydrogen) atoms. The van der Waals surface area contributed by atoms with E-state index >= 15 is 0 Å². The van der Waals surface area contributed by atoms with E-state index in [2.05, 4.69) is 28.2 Å². The number of aromatic nitrogens is 3. The van der Waals surface area contributed by atoms with Crippen LogP contribution in [0.2, 0.25) is 0 Å². The Labute approximate surface area is 158 Å². The van der Waals surface area contributed by atoms with E-state index in [0.29, 0.717) is 0 Å². The maximum Gasteiger partial charge on any atom is 0.164 e. The Balaban J connectivity index is 1.59. The SMILES string of the molecule is CCc1cc2c(NCCN3CCCCC3)nc(-c3cccnc3)nc2s1. The van der Waals surface area contributed by atoms with Crippen molar-refractivity contribution >= 4 is 27.4 Å². The zero-order valence-corrected chi connectivity index (χ0v) is 16.1. The molecule has 0 unspecified atom stereocenters. The highest BCUT2D eigenvalue weighted by atomic mass is 32.1.